The largest absolute Gasteiger partial charge is 0.338 e. The van der Waals surface area contributed by atoms with Crippen LogP contribution in [0.4, 0.5) is 4.79 Å². The maximum absolute atomic E-state index is 11.0. The molecule has 0 atom stereocenters. The van der Waals surface area contributed by atoms with Gasteiger partial charge in [0.25, 0.3) is 0 Å². The van der Waals surface area contributed by atoms with E-state index in [2.05, 4.69) is 15.6 Å². The number of carbonyl (C=O) groups excluding carboxylic acids is 1. The highest BCUT2D eigenvalue weighted by Crippen LogP contribution is 1.97. The number of aryl methyl sites for hydroxylation is 1. The maximum Gasteiger partial charge on any atom is 0.315 e. The average molecular weight is 193 g/mol. The molecule has 1 heterocycles. The molecule has 0 aliphatic carbocycles. The molecule has 0 aliphatic rings. The lowest BCUT2D eigenvalue weighted by molar-refractivity contribution is 0.241. The molecule has 0 bridgehead atoms. The van der Waals surface area contributed by atoms with E-state index in [1.165, 1.54) is 0 Å². The summed E-state index contributed by atoms with van der Waals surface area (Å²) in [7, 11) is 0. The minimum atomic E-state index is -0.145. The van der Waals surface area contributed by atoms with Gasteiger partial charge in [0.15, 0.2) is 0 Å². The summed E-state index contributed by atoms with van der Waals surface area (Å²) in [6.45, 7) is 4.96. The van der Waals surface area contributed by atoms with Crippen LogP contribution in [0.1, 0.15) is 18.2 Å². The smallest absolute Gasteiger partial charge is 0.315 e. The standard InChI is InChI=1S/C10H15N3O/c1-3-11-10(14)13-7-9-5-4-8(2)12-6-9/h4-6H,3,7H2,1-2H3,(H2,11,13,14). The predicted molar refractivity (Wildman–Crippen MR) is 54.9 cm³/mol. The number of amides is 2. The predicted octanol–water partition coefficient (Wildman–Crippen LogP) is 1.21. The third-order valence-electron chi connectivity index (χ3n) is 1.76. The molecule has 2 N–H and O–H groups in total. The summed E-state index contributed by atoms with van der Waals surface area (Å²) in [6, 6.07) is 3.73. The number of hydrogen-bond donors (Lipinski definition) is 2. The van der Waals surface area contributed by atoms with Crippen molar-refractivity contribution in [3.63, 3.8) is 0 Å². The van der Waals surface area contributed by atoms with Gasteiger partial charge in [0.05, 0.1) is 0 Å². The summed E-state index contributed by atoms with van der Waals surface area (Å²) in [5.74, 6) is 0. The highest BCUT2D eigenvalue weighted by Gasteiger charge is 1.97. The first-order valence-corrected chi connectivity index (χ1v) is 4.65. The second-order valence-electron chi connectivity index (χ2n) is 3.02. The van der Waals surface area contributed by atoms with Gasteiger partial charge in [-0.25, -0.2) is 4.79 Å². The van der Waals surface area contributed by atoms with Crippen molar-refractivity contribution >= 4 is 6.03 Å². The van der Waals surface area contributed by atoms with Crippen LogP contribution in [0, 0.1) is 6.92 Å². The third-order valence-corrected chi connectivity index (χ3v) is 1.76. The van der Waals surface area contributed by atoms with E-state index in [0.29, 0.717) is 13.1 Å². The lowest BCUT2D eigenvalue weighted by atomic mass is 10.2. The maximum atomic E-state index is 11.0. The highest BCUT2D eigenvalue weighted by atomic mass is 16.2. The lowest BCUT2D eigenvalue weighted by Gasteiger charge is -2.05. The number of rotatable bonds is 3. The van der Waals surface area contributed by atoms with Gasteiger partial charge in [-0.2, -0.15) is 0 Å². The van der Waals surface area contributed by atoms with Crippen LogP contribution in [0.15, 0.2) is 18.3 Å². The minimum Gasteiger partial charge on any atom is -0.338 e. The van der Waals surface area contributed by atoms with E-state index >= 15 is 0 Å². The first-order chi connectivity index (χ1) is 6.72. The van der Waals surface area contributed by atoms with Crippen molar-refractivity contribution in [1.29, 1.82) is 0 Å². The minimum absolute atomic E-state index is 0.145. The van der Waals surface area contributed by atoms with Crippen LogP contribution in [-0.2, 0) is 6.54 Å². The second kappa shape index (κ2) is 5.21. The van der Waals surface area contributed by atoms with E-state index in [-0.39, 0.29) is 6.03 Å². The second-order valence-corrected chi connectivity index (χ2v) is 3.02. The van der Waals surface area contributed by atoms with Crippen LogP contribution in [0.3, 0.4) is 0 Å². The Labute approximate surface area is 83.7 Å². The Kier molecular flexibility index (Phi) is 3.91. The molecular formula is C10H15N3O. The van der Waals surface area contributed by atoms with Crippen molar-refractivity contribution < 1.29 is 4.79 Å². The van der Waals surface area contributed by atoms with Crippen molar-refractivity contribution in [3.05, 3.63) is 29.6 Å². The molecule has 0 radical (unpaired) electrons. The molecule has 14 heavy (non-hydrogen) atoms. The molecule has 0 unspecified atom stereocenters. The number of urea groups is 1. The van der Waals surface area contributed by atoms with Crippen molar-refractivity contribution in [3.8, 4) is 0 Å². The Morgan fingerprint density at radius 3 is 2.79 bits per heavy atom. The topological polar surface area (TPSA) is 54.0 Å². The van der Waals surface area contributed by atoms with Gasteiger partial charge < -0.3 is 10.6 Å². The number of aromatic nitrogens is 1. The Morgan fingerprint density at radius 2 is 2.21 bits per heavy atom. The van der Waals surface area contributed by atoms with Crippen LogP contribution >= 0.6 is 0 Å². The van der Waals surface area contributed by atoms with E-state index in [1.807, 2.05) is 26.0 Å². The van der Waals surface area contributed by atoms with E-state index in [1.54, 1.807) is 6.20 Å². The van der Waals surface area contributed by atoms with Crippen molar-refractivity contribution in [2.24, 2.45) is 0 Å². The fraction of sp³-hybridized carbons (Fsp3) is 0.400. The van der Waals surface area contributed by atoms with Crippen LogP contribution in [-0.4, -0.2) is 17.6 Å². The van der Waals surface area contributed by atoms with Crippen LogP contribution in [0.25, 0.3) is 0 Å². The van der Waals surface area contributed by atoms with Crippen LogP contribution in [0.5, 0.6) is 0 Å². The monoisotopic (exact) mass is 193 g/mol. The summed E-state index contributed by atoms with van der Waals surface area (Å²) >= 11 is 0. The summed E-state index contributed by atoms with van der Waals surface area (Å²) < 4.78 is 0. The first kappa shape index (κ1) is 10.5. The molecule has 2 amide bonds. The van der Waals surface area contributed by atoms with Crippen molar-refractivity contribution in [2.75, 3.05) is 6.54 Å². The molecule has 76 valence electrons. The Hall–Kier alpha value is -1.58. The van der Waals surface area contributed by atoms with Gasteiger partial charge in [0.2, 0.25) is 0 Å². The van der Waals surface area contributed by atoms with Gasteiger partial charge in [-0.3, -0.25) is 4.98 Å². The van der Waals surface area contributed by atoms with E-state index in [4.69, 9.17) is 0 Å². The van der Waals surface area contributed by atoms with E-state index in [0.717, 1.165) is 11.3 Å². The lowest BCUT2D eigenvalue weighted by Crippen LogP contribution is -2.34. The Bertz CT molecular complexity index is 295. The van der Waals surface area contributed by atoms with Gasteiger partial charge in [-0.1, -0.05) is 6.07 Å². The zero-order chi connectivity index (χ0) is 10.4. The number of pyridine rings is 1. The molecule has 0 spiro atoms. The van der Waals surface area contributed by atoms with E-state index in [9.17, 15) is 4.79 Å². The fourth-order valence-corrected chi connectivity index (χ4v) is 1.01. The number of hydrogen-bond acceptors (Lipinski definition) is 2. The van der Waals surface area contributed by atoms with Gasteiger partial charge >= 0.3 is 6.03 Å². The molecule has 4 nitrogen and oxygen atoms in total. The fourth-order valence-electron chi connectivity index (χ4n) is 1.01. The SMILES string of the molecule is CCNC(=O)NCc1ccc(C)nc1. The summed E-state index contributed by atoms with van der Waals surface area (Å²) in [4.78, 5) is 15.2. The highest BCUT2D eigenvalue weighted by molar-refractivity contribution is 5.73. The summed E-state index contributed by atoms with van der Waals surface area (Å²) in [5.41, 5.74) is 1.98. The van der Waals surface area contributed by atoms with Crippen molar-refractivity contribution in [2.45, 2.75) is 20.4 Å². The molecular weight excluding hydrogens is 178 g/mol. The number of nitrogens with one attached hydrogen (secondary N) is 2. The number of carbonyl (C=O) groups is 1. The normalized spacial score (nSPS) is 9.57. The zero-order valence-corrected chi connectivity index (χ0v) is 8.50. The Balaban J connectivity index is 2.38. The van der Waals surface area contributed by atoms with Gasteiger partial charge in [0.1, 0.15) is 0 Å². The first-order valence-electron chi connectivity index (χ1n) is 4.65. The van der Waals surface area contributed by atoms with Gasteiger partial charge in [0, 0.05) is 25.0 Å². The van der Waals surface area contributed by atoms with E-state index < -0.39 is 0 Å². The molecule has 0 aliphatic heterocycles. The molecule has 1 aromatic heterocycles. The van der Waals surface area contributed by atoms with Crippen LogP contribution < -0.4 is 10.6 Å². The van der Waals surface area contributed by atoms with Gasteiger partial charge in [-0.05, 0) is 25.5 Å². The molecule has 1 rings (SSSR count). The molecule has 4 heteroatoms. The zero-order valence-electron chi connectivity index (χ0n) is 8.50. The third kappa shape index (κ3) is 3.43. The molecule has 0 aromatic carbocycles. The van der Waals surface area contributed by atoms with Crippen molar-refractivity contribution in [1.82, 2.24) is 15.6 Å². The summed E-state index contributed by atoms with van der Waals surface area (Å²) in [5, 5.41) is 5.39. The molecule has 0 saturated heterocycles. The Morgan fingerprint density at radius 1 is 1.43 bits per heavy atom. The van der Waals surface area contributed by atoms with Gasteiger partial charge in [-0.15, -0.1) is 0 Å². The van der Waals surface area contributed by atoms with Crippen LogP contribution in [0.2, 0.25) is 0 Å². The number of nitrogens with zero attached hydrogens (tertiary/aromatic N) is 1. The molecule has 1 aromatic rings. The molecule has 0 fully saturated rings. The summed E-state index contributed by atoms with van der Waals surface area (Å²) in [6.07, 6.45) is 1.77. The molecule has 0 saturated carbocycles. The average Bonchev–Trinajstić information content (AvgIpc) is 2.17. The quantitative estimate of drug-likeness (QED) is 0.758.